The first-order valence-corrected chi connectivity index (χ1v) is 6.84. The molecule has 122 valence electrons. The average molecular weight is 311 g/mol. The van der Waals surface area contributed by atoms with E-state index in [2.05, 4.69) is 15.3 Å². The van der Waals surface area contributed by atoms with Crippen molar-refractivity contribution in [3.8, 4) is 11.8 Å². The summed E-state index contributed by atoms with van der Waals surface area (Å²) in [5, 5.41) is 11.8. The monoisotopic (exact) mass is 311 g/mol. The topological polar surface area (TPSA) is 111 Å². The zero-order valence-electron chi connectivity index (χ0n) is 13.1. The second-order valence-electron chi connectivity index (χ2n) is 5.14. The first-order chi connectivity index (χ1) is 10.4. The fraction of sp³-hybridized carbons (Fsp3) is 0.571. The number of carbonyl (C=O) groups is 2. The smallest absolute Gasteiger partial charge is 0.308 e. The minimum absolute atomic E-state index is 0.00749. The molecule has 0 fully saturated rings. The van der Waals surface area contributed by atoms with Crippen LogP contribution >= 0.6 is 0 Å². The lowest BCUT2D eigenvalue weighted by atomic mass is 9.97. The molecule has 1 atom stereocenters. The molecular weight excluding hydrogens is 290 g/mol. The number of carboxylic acids is 1. The van der Waals surface area contributed by atoms with Gasteiger partial charge >= 0.3 is 5.97 Å². The van der Waals surface area contributed by atoms with E-state index in [0.717, 1.165) is 0 Å². The molecule has 0 spiro atoms. The van der Waals surface area contributed by atoms with E-state index < -0.39 is 17.8 Å². The predicted octanol–water partition coefficient (Wildman–Crippen LogP) is 0.970. The van der Waals surface area contributed by atoms with Gasteiger partial charge in [-0.1, -0.05) is 13.8 Å². The number of carbonyl (C=O) groups excluding carboxylic acids is 1. The van der Waals surface area contributed by atoms with Gasteiger partial charge in [-0.3, -0.25) is 9.59 Å². The highest BCUT2D eigenvalue weighted by Gasteiger charge is 2.24. The van der Waals surface area contributed by atoms with Crippen LogP contribution in [0.2, 0.25) is 0 Å². The molecule has 1 heterocycles. The van der Waals surface area contributed by atoms with E-state index in [0.29, 0.717) is 6.42 Å². The number of aliphatic carboxylic acids is 1. The molecule has 1 unspecified atom stereocenters. The lowest BCUT2D eigenvalue weighted by Gasteiger charge is -2.16. The van der Waals surface area contributed by atoms with Gasteiger partial charge < -0.3 is 19.9 Å². The molecule has 0 radical (unpaired) electrons. The van der Waals surface area contributed by atoms with Crippen LogP contribution in [0.15, 0.2) is 6.33 Å². The number of nitrogens with zero attached hydrogens (tertiary/aromatic N) is 2. The van der Waals surface area contributed by atoms with E-state index in [1.165, 1.54) is 20.5 Å². The molecule has 2 N–H and O–H groups in total. The molecule has 8 nitrogen and oxygen atoms in total. The average Bonchev–Trinajstić information content (AvgIpc) is 2.49. The summed E-state index contributed by atoms with van der Waals surface area (Å²) in [5.41, 5.74) is 0.0428. The molecule has 0 bridgehead atoms. The highest BCUT2D eigenvalue weighted by molar-refractivity contribution is 5.98. The summed E-state index contributed by atoms with van der Waals surface area (Å²) >= 11 is 0. The third-order valence-corrected chi connectivity index (χ3v) is 3.01. The molecule has 1 aromatic heterocycles. The predicted molar refractivity (Wildman–Crippen MR) is 78.1 cm³/mol. The van der Waals surface area contributed by atoms with E-state index in [-0.39, 0.29) is 29.8 Å². The summed E-state index contributed by atoms with van der Waals surface area (Å²) < 4.78 is 10.0. The van der Waals surface area contributed by atoms with E-state index in [9.17, 15) is 14.7 Å². The highest BCUT2D eigenvalue weighted by atomic mass is 16.5. The lowest BCUT2D eigenvalue weighted by Crippen LogP contribution is -2.34. The lowest BCUT2D eigenvalue weighted by molar-refractivity contribution is -0.142. The minimum Gasteiger partial charge on any atom is -0.481 e. The van der Waals surface area contributed by atoms with Gasteiger partial charge in [0.25, 0.3) is 5.91 Å². The normalized spacial score (nSPS) is 11.9. The second kappa shape index (κ2) is 8.16. The Bertz CT molecular complexity index is 511. The van der Waals surface area contributed by atoms with E-state index >= 15 is 0 Å². The molecule has 0 saturated carbocycles. The van der Waals surface area contributed by atoms with Crippen LogP contribution in [0.4, 0.5) is 0 Å². The van der Waals surface area contributed by atoms with Crippen LogP contribution in [-0.4, -0.2) is 47.7 Å². The fourth-order valence-electron chi connectivity index (χ4n) is 2.00. The molecule has 0 aliphatic heterocycles. The van der Waals surface area contributed by atoms with Crippen molar-refractivity contribution in [2.75, 3.05) is 20.8 Å². The van der Waals surface area contributed by atoms with Crippen LogP contribution in [0.25, 0.3) is 0 Å². The Morgan fingerprint density at radius 1 is 1.23 bits per heavy atom. The summed E-state index contributed by atoms with van der Waals surface area (Å²) in [4.78, 5) is 31.2. The zero-order chi connectivity index (χ0) is 16.7. The van der Waals surface area contributed by atoms with Crippen molar-refractivity contribution < 1.29 is 24.2 Å². The highest BCUT2D eigenvalue weighted by Crippen LogP contribution is 2.23. The van der Waals surface area contributed by atoms with Gasteiger partial charge in [-0.25, -0.2) is 9.97 Å². The number of ether oxygens (including phenoxy) is 2. The standard InChI is InChI=1S/C14H21N3O5/c1-8(2)5-9(14(19)20)6-15-11(18)10-12(21-3)16-7-17-13(10)22-4/h7-9H,5-6H2,1-4H3,(H,15,18)(H,19,20). The van der Waals surface area contributed by atoms with Gasteiger partial charge in [-0.2, -0.15) is 0 Å². The molecule has 0 aliphatic carbocycles. The van der Waals surface area contributed by atoms with E-state index in [1.807, 2.05) is 13.8 Å². The van der Waals surface area contributed by atoms with E-state index in [1.54, 1.807) is 0 Å². The first-order valence-electron chi connectivity index (χ1n) is 6.84. The van der Waals surface area contributed by atoms with E-state index in [4.69, 9.17) is 9.47 Å². The number of hydrogen-bond acceptors (Lipinski definition) is 6. The SMILES string of the molecule is COc1ncnc(OC)c1C(=O)NCC(CC(C)C)C(=O)O. The Labute approximate surface area is 128 Å². The van der Waals surface area contributed by atoms with Gasteiger partial charge in [0.2, 0.25) is 11.8 Å². The third-order valence-electron chi connectivity index (χ3n) is 3.01. The number of aromatic nitrogens is 2. The summed E-state index contributed by atoms with van der Waals surface area (Å²) in [6, 6.07) is 0. The quantitative estimate of drug-likeness (QED) is 0.736. The number of hydrogen-bond donors (Lipinski definition) is 2. The number of amides is 1. The van der Waals surface area contributed by atoms with Crippen molar-refractivity contribution in [1.82, 2.24) is 15.3 Å². The molecule has 1 amide bonds. The van der Waals surface area contributed by atoms with Gasteiger partial charge in [-0.05, 0) is 12.3 Å². The van der Waals surface area contributed by atoms with Crippen molar-refractivity contribution in [1.29, 1.82) is 0 Å². The Kier molecular flexibility index (Phi) is 6.55. The van der Waals surface area contributed by atoms with Crippen molar-refractivity contribution >= 4 is 11.9 Å². The molecule has 1 aromatic rings. The zero-order valence-corrected chi connectivity index (χ0v) is 13.1. The maximum absolute atomic E-state index is 12.3. The maximum atomic E-state index is 12.3. The molecule has 0 aromatic carbocycles. The largest absolute Gasteiger partial charge is 0.481 e. The number of carboxylic acid groups (broad SMARTS) is 1. The maximum Gasteiger partial charge on any atom is 0.308 e. The van der Waals surface area contributed by atoms with Crippen LogP contribution in [0, 0.1) is 11.8 Å². The number of methoxy groups -OCH3 is 2. The molecule has 8 heteroatoms. The molecule has 0 aliphatic rings. The van der Waals surface area contributed by atoms with Crippen LogP contribution in [-0.2, 0) is 4.79 Å². The molecule has 0 saturated heterocycles. The van der Waals surface area contributed by atoms with Crippen molar-refractivity contribution in [2.45, 2.75) is 20.3 Å². The molecule has 22 heavy (non-hydrogen) atoms. The fourth-order valence-corrected chi connectivity index (χ4v) is 2.00. The first kappa shape index (κ1) is 17.7. The van der Waals surface area contributed by atoms with Gasteiger partial charge in [-0.15, -0.1) is 0 Å². The summed E-state index contributed by atoms with van der Waals surface area (Å²) in [6.45, 7) is 3.86. The molecule has 1 rings (SSSR count). The Hall–Kier alpha value is -2.38. The van der Waals surface area contributed by atoms with Crippen molar-refractivity contribution in [3.63, 3.8) is 0 Å². The number of rotatable bonds is 8. The van der Waals surface area contributed by atoms with Crippen molar-refractivity contribution in [3.05, 3.63) is 11.9 Å². The third kappa shape index (κ3) is 4.57. The number of nitrogens with one attached hydrogen (secondary N) is 1. The summed E-state index contributed by atoms with van der Waals surface area (Å²) in [7, 11) is 2.74. The molecular formula is C14H21N3O5. The van der Waals surface area contributed by atoms with Crippen LogP contribution < -0.4 is 14.8 Å². The second-order valence-corrected chi connectivity index (χ2v) is 5.14. The van der Waals surface area contributed by atoms with Crippen LogP contribution in [0.3, 0.4) is 0 Å². The van der Waals surface area contributed by atoms with Crippen LogP contribution in [0.5, 0.6) is 11.8 Å². The Morgan fingerprint density at radius 2 is 1.77 bits per heavy atom. The Morgan fingerprint density at radius 3 is 2.18 bits per heavy atom. The Balaban J connectivity index is 2.87. The van der Waals surface area contributed by atoms with Gasteiger partial charge in [0.15, 0.2) is 5.56 Å². The van der Waals surface area contributed by atoms with Crippen molar-refractivity contribution in [2.24, 2.45) is 11.8 Å². The van der Waals surface area contributed by atoms with Gasteiger partial charge in [0.05, 0.1) is 20.1 Å². The summed E-state index contributed by atoms with van der Waals surface area (Å²) in [6.07, 6.45) is 1.68. The van der Waals surface area contributed by atoms with Gasteiger partial charge in [0, 0.05) is 6.54 Å². The minimum atomic E-state index is -0.947. The van der Waals surface area contributed by atoms with Crippen LogP contribution in [0.1, 0.15) is 30.6 Å². The van der Waals surface area contributed by atoms with Gasteiger partial charge in [0.1, 0.15) is 6.33 Å². The summed E-state index contributed by atoms with van der Waals surface area (Å²) in [5.74, 6) is -1.80.